The summed E-state index contributed by atoms with van der Waals surface area (Å²) >= 11 is 1.67. The number of hydrogen-bond acceptors (Lipinski definition) is 3. The van der Waals surface area contributed by atoms with Crippen molar-refractivity contribution in [3.05, 3.63) is 94.5 Å². The molecule has 0 saturated heterocycles. The van der Waals surface area contributed by atoms with Gasteiger partial charge in [-0.1, -0.05) is 58.4 Å². The van der Waals surface area contributed by atoms with Crippen molar-refractivity contribution in [2.45, 2.75) is 12.5 Å². The van der Waals surface area contributed by atoms with Gasteiger partial charge in [0.25, 0.3) is 0 Å². The van der Waals surface area contributed by atoms with E-state index in [-0.39, 0.29) is 18.2 Å². The average molecular weight is 442 g/mol. The first-order valence-corrected chi connectivity index (χ1v) is 10.3. The summed E-state index contributed by atoms with van der Waals surface area (Å²) in [7, 11) is 0. The summed E-state index contributed by atoms with van der Waals surface area (Å²) in [6.45, 7) is 0. The molecule has 3 aromatic carbocycles. The second-order valence-corrected chi connectivity index (χ2v) is 8.06. The fourth-order valence-electron chi connectivity index (χ4n) is 3.19. The third kappa shape index (κ3) is 3.68. The molecule has 3 aromatic rings. The predicted molar refractivity (Wildman–Crippen MR) is 110 cm³/mol. The Hall–Kier alpha value is -2.44. The van der Waals surface area contributed by atoms with Crippen LogP contribution in [0.15, 0.2) is 83.3 Å². The number of carbonyl (C=O) groups excluding carboxylic acids is 1. The topological polar surface area (TPSA) is 46.6 Å². The molecule has 0 aliphatic carbocycles. The summed E-state index contributed by atoms with van der Waals surface area (Å²) in [5.41, 5.74) is 2.08. The van der Waals surface area contributed by atoms with Crippen LogP contribution in [0, 0.1) is 0 Å². The molecule has 1 heterocycles. The van der Waals surface area contributed by atoms with Crippen LogP contribution >= 0.6 is 15.9 Å². The molecule has 1 aliphatic rings. The van der Waals surface area contributed by atoms with Gasteiger partial charge < -0.3 is 4.18 Å². The molecule has 0 aromatic heterocycles. The lowest BCUT2D eigenvalue weighted by molar-refractivity contribution is 0.0969. The van der Waals surface area contributed by atoms with Gasteiger partial charge in [-0.25, -0.2) is 0 Å². The van der Waals surface area contributed by atoms with E-state index in [0.29, 0.717) is 17.0 Å². The van der Waals surface area contributed by atoms with Gasteiger partial charge in [-0.05, 0) is 42.0 Å². The third-order valence-electron chi connectivity index (χ3n) is 4.41. The van der Waals surface area contributed by atoms with E-state index in [9.17, 15) is 9.00 Å². The Morgan fingerprint density at radius 3 is 2.48 bits per heavy atom. The monoisotopic (exact) mass is 441 g/mol. The lowest BCUT2D eigenvalue weighted by atomic mass is 9.92. The quantitative estimate of drug-likeness (QED) is 0.555. The molecule has 2 unspecified atom stereocenters. The number of Topliss-reactive ketones (excluding diaryl/α,β-unsaturated/α-hetero) is 1. The molecule has 0 N–H and O–H groups in total. The Bertz CT molecular complexity index is 1010. The second kappa shape index (κ2) is 7.66. The van der Waals surface area contributed by atoms with E-state index in [1.54, 1.807) is 22.5 Å². The summed E-state index contributed by atoms with van der Waals surface area (Å²) < 4.78 is 21.5. The lowest BCUT2D eigenvalue weighted by Gasteiger charge is -2.36. The lowest BCUT2D eigenvalue weighted by Crippen LogP contribution is -2.38. The Morgan fingerprint density at radius 2 is 1.70 bits per heavy atom. The van der Waals surface area contributed by atoms with Crippen molar-refractivity contribution < 1.29 is 13.2 Å². The van der Waals surface area contributed by atoms with Gasteiger partial charge in [0, 0.05) is 16.5 Å². The Labute approximate surface area is 168 Å². The summed E-state index contributed by atoms with van der Waals surface area (Å²) in [5.74, 6) is 0.543. The van der Waals surface area contributed by atoms with Crippen LogP contribution in [-0.2, 0) is 11.3 Å². The normalized spacial score (nSPS) is 17.3. The van der Waals surface area contributed by atoms with E-state index in [0.717, 1.165) is 10.0 Å². The van der Waals surface area contributed by atoms with Crippen LogP contribution in [0.3, 0.4) is 0 Å². The average Bonchev–Trinajstić information content (AvgIpc) is 2.68. The molecule has 0 spiro atoms. The molecule has 6 heteroatoms. The van der Waals surface area contributed by atoms with Gasteiger partial charge in [-0.15, -0.1) is 0 Å². The van der Waals surface area contributed by atoms with E-state index in [2.05, 4.69) is 15.9 Å². The Morgan fingerprint density at radius 1 is 0.963 bits per heavy atom. The number of rotatable bonds is 4. The first-order valence-electron chi connectivity index (χ1n) is 8.45. The van der Waals surface area contributed by atoms with Crippen molar-refractivity contribution in [3.63, 3.8) is 0 Å². The maximum atomic E-state index is 13.2. The largest absolute Gasteiger partial charge is 0.385 e. The number of fused-ring (bicyclic) bond motifs is 1. The minimum atomic E-state index is -1.81. The molecule has 1 aliphatic heterocycles. The highest BCUT2D eigenvalue weighted by Crippen LogP contribution is 2.40. The molecule has 0 radical (unpaired) electrons. The molecule has 0 bridgehead atoms. The number of carbonyl (C=O) groups is 1. The molecular weight excluding hydrogens is 426 g/mol. The smallest absolute Gasteiger partial charge is 0.319 e. The third-order valence-corrected chi connectivity index (χ3v) is 6.01. The van der Waals surface area contributed by atoms with Gasteiger partial charge in [-0.3, -0.25) is 9.10 Å². The van der Waals surface area contributed by atoms with Crippen LogP contribution in [0.1, 0.15) is 28.4 Å². The van der Waals surface area contributed by atoms with Crippen LogP contribution in [0.2, 0.25) is 0 Å². The van der Waals surface area contributed by atoms with Crippen molar-refractivity contribution >= 4 is 38.7 Å². The fourth-order valence-corrected chi connectivity index (χ4v) is 4.68. The number of para-hydroxylation sites is 2. The minimum Gasteiger partial charge on any atom is -0.385 e. The standard InChI is InChI=1S/C21H16BrNO3S/c22-16-8-6-7-15(13-16)20-14-21(24)18-11-4-5-12-19(18)23(20)27(25)26-17-9-2-1-3-10-17/h1-13,20H,14H2. The van der Waals surface area contributed by atoms with Crippen LogP contribution in [0.4, 0.5) is 5.69 Å². The van der Waals surface area contributed by atoms with Gasteiger partial charge >= 0.3 is 11.3 Å². The van der Waals surface area contributed by atoms with Gasteiger partial charge in [-0.2, -0.15) is 4.21 Å². The van der Waals surface area contributed by atoms with E-state index in [1.165, 1.54) is 0 Å². The number of nitrogens with zero attached hydrogens (tertiary/aromatic N) is 1. The molecule has 4 nitrogen and oxygen atoms in total. The zero-order valence-corrected chi connectivity index (χ0v) is 16.7. The molecule has 4 rings (SSSR count). The molecule has 136 valence electrons. The number of anilines is 1. The Balaban J connectivity index is 1.78. The summed E-state index contributed by atoms with van der Waals surface area (Å²) in [6, 6.07) is 23.6. The first-order chi connectivity index (χ1) is 13.1. The van der Waals surface area contributed by atoms with Crippen molar-refractivity contribution in [1.29, 1.82) is 0 Å². The van der Waals surface area contributed by atoms with E-state index in [4.69, 9.17) is 4.18 Å². The van der Waals surface area contributed by atoms with Crippen LogP contribution in [0.5, 0.6) is 5.75 Å². The molecule has 0 fully saturated rings. The fraction of sp³-hybridized carbons (Fsp3) is 0.0952. The highest BCUT2D eigenvalue weighted by molar-refractivity contribution is 9.10. The molecular formula is C21H16BrNO3S. The van der Waals surface area contributed by atoms with Crippen LogP contribution < -0.4 is 8.49 Å². The Kier molecular flexibility index (Phi) is 5.09. The van der Waals surface area contributed by atoms with Gasteiger partial charge in [0.1, 0.15) is 5.75 Å². The van der Waals surface area contributed by atoms with Gasteiger partial charge in [0.05, 0.1) is 11.7 Å². The van der Waals surface area contributed by atoms with Crippen LogP contribution in [0.25, 0.3) is 0 Å². The van der Waals surface area contributed by atoms with Gasteiger partial charge in [0.15, 0.2) is 5.78 Å². The molecule has 0 amide bonds. The zero-order chi connectivity index (χ0) is 18.8. The maximum absolute atomic E-state index is 13.2. The predicted octanol–water partition coefficient (Wildman–Crippen LogP) is 5.24. The molecule has 2 atom stereocenters. The summed E-state index contributed by atoms with van der Waals surface area (Å²) in [4.78, 5) is 12.7. The van der Waals surface area contributed by atoms with Crippen molar-refractivity contribution in [2.24, 2.45) is 0 Å². The second-order valence-electron chi connectivity index (χ2n) is 6.15. The van der Waals surface area contributed by atoms with Crippen molar-refractivity contribution in [2.75, 3.05) is 4.31 Å². The maximum Gasteiger partial charge on any atom is 0.319 e. The highest BCUT2D eigenvalue weighted by atomic mass is 79.9. The zero-order valence-electron chi connectivity index (χ0n) is 14.2. The first kappa shape index (κ1) is 17.9. The highest BCUT2D eigenvalue weighted by Gasteiger charge is 2.36. The SMILES string of the molecule is O=C1CC(c2cccc(Br)c2)N(S(=O)Oc2ccccc2)c2ccccc21. The number of halogens is 1. The van der Waals surface area contributed by atoms with Crippen molar-refractivity contribution in [3.8, 4) is 5.75 Å². The van der Waals surface area contributed by atoms with Crippen LogP contribution in [-0.4, -0.2) is 9.99 Å². The van der Waals surface area contributed by atoms with E-state index < -0.39 is 11.3 Å². The van der Waals surface area contributed by atoms with Gasteiger partial charge in [0.2, 0.25) is 0 Å². The molecule has 27 heavy (non-hydrogen) atoms. The van der Waals surface area contributed by atoms with E-state index in [1.807, 2.05) is 60.7 Å². The number of benzene rings is 3. The number of hydrogen-bond donors (Lipinski definition) is 0. The molecule has 0 saturated carbocycles. The van der Waals surface area contributed by atoms with Crippen molar-refractivity contribution in [1.82, 2.24) is 0 Å². The summed E-state index contributed by atoms with van der Waals surface area (Å²) in [6.07, 6.45) is 0.233. The minimum absolute atomic E-state index is 0.0311. The number of ketones is 1. The summed E-state index contributed by atoms with van der Waals surface area (Å²) in [5, 5.41) is 0. The van der Waals surface area contributed by atoms with E-state index >= 15 is 0 Å².